The van der Waals surface area contributed by atoms with Crippen LogP contribution in [-0.4, -0.2) is 15.9 Å². The van der Waals surface area contributed by atoms with Crippen LogP contribution in [0.3, 0.4) is 0 Å². The minimum atomic E-state index is -0.231. The van der Waals surface area contributed by atoms with Crippen LogP contribution in [0, 0.1) is 0 Å². The zero-order valence-corrected chi connectivity index (χ0v) is 13.4. The Morgan fingerprint density at radius 1 is 1.25 bits per heavy atom. The van der Waals surface area contributed by atoms with Crippen molar-refractivity contribution < 1.29 is 0 Å². The summed E-state index contributed by atoms with van der Waals surface area (Å²) in [5.74, 6) is 0.374. The molecule has 0 unspecified atom stereocenters. The highest BCUT2D eigenvalue weighted by Gasteiger charge is 2.04. The molecule has 1 aromatic heterocycles. The van der Waals surface area contributed by atoms with Crippen molar-refractivity contribution in [2.45, 2.75) is 19.8 Å². The molecule has 0 saturated carbocycles. The normalized spacial score (nSPS) is 11.6. The molecule has 6 heteroatoms. The molecule has 3 aromatic rings. The van der Waals surface area contributed by atoms with Crippen LogP contribution in [0.5, 0.6) is 0 Å². The summed E-state index contributed by atoms with van der Waals surface area (Å²) in [5, 5.41) is 5.21. The molecule has 0 amide bonds. The molecule has 0 spiro atoms. The van der Waals surface area contributed by atoms with E-state index in [1.807, 2.05) is 49.4 Å². The number of aryl methyl sites for hydroxylation is 1. The van der Waals surface area contributed by atoms with Gasteiger partial charge in [-0.05, 0) is 17.9 Å². The lowest BCUT2D eigenvalue weighted by molar-refractivity contribution is 0.866. The molecule has 0 fully saturated rings. The van der Waals surface area contributed by atoms with E-state index in [2.05, 4.69) is 20.3 Å². The van der Waals surface area contributed by atoms with Gasteiger partial charge in [0.15, 0.2) is 0 Å². The Balaban J connectivity index is 1.90. The summed E-state index contributed by atoms with van der Waals surface area (Å²) >= 11 is 0. The summed E-state index contributed by atoms with van der Waals surface area (Å²) in [7, 11) is 0. The summed E-state index contributed by atoms with van der Waals surface area (Å²) in [6.07, 6.45) is 1.63. The molecule has 0 aliphatic rings. The summed E-state index contributed by atoms with van der Waals surface area (Å²) in [4.78, 5) is 22.7. The Bertz CT molecular complexity index is 940. The molecule has 3 rings (SSSR count). The van der Waals surface area contributed by atoms with Crippen molar-refractivity contribution in [3.63, 3.8) is 0 Å². The van der Waals surface area contributed by atoms with Crippen LogP contribution in [0.2, 0.25) is 0 Å². The van der Waals surface area contributed by atoms with E-state index in [9.17, 15) is 4.79 Å². The van der Waals surface area contributed by atoms with Gasteiger partial charge in [0, 0.05) is 22.8 Å². The largest absolute Gasteiger partial charge is 0.369 e. The van der Waals surface area contributed by atoms with Gasteiger partial charge in [-0.25, -0.2) is 4.98 Å². The van der Waals surface area contributed by atoms with E-state index in [0.717, 1.165) is 29.3 Å². The zero-order valence-electron chi connectivity index (χ0n) is 13.4. The number of nitrogens with zero attached hydrogens (tertiary/aromatic N) is 2. The second-order valence-corrected chi connectivity index (χ2v) is 5.46. The standard InChI is InChI=1S/C18H19N5O/c1-2-6-13-11-16(24)22-18(20-13)23-17(19)21-15-10-5-8-12-7-3-4-9-14(12)15/h3-5,7-11H,2,6H2,1H3,(H4,19,20,21,22,23,24). The molecule has 24 heavy (non-hydrogen) atoms. The first kappa shape index (κ1) is 15.7. The molecule has 2 aromatic carbocycles. The topological polar surface area (TPSA) is 96.2 Å². The van der Waals surface area contributed by atoms with Crippen LogP contribution in [0.4, 0.5) is 11.6 Å². The van der Waals surface area contributed by atoms with Crippen molar-refractivity contribution >= 4 is 28.4 Å². The third kappa shape index (κ3) is 3.60. The fraction of sp³-hybridized carbons (Fsp3) is 0.167. The monoisotopic (exact) mass is 321 g/mol. The Morgan fingerprint density at radius 2 is 2.04 bits per heavy atom. The van der Waals surface area contributed by atoms with Crippen molar-refractivity contribution in [1.29, 1.82) is 0 Å². The van der Waals surface area contributed by atoms with Crippen molar-refractivity contribution in [3.05, 3.63) is 64.6 Å². The Kier molecular flexibility index (Phi) is 4.56. The van der Waals surface area contributed by atoms with E-state index < -0.39 is 0 Å². The molecule has 0 radical (unpaired) electrons. The number of rotatable bonds is 4. The third-order valence-electron chi connectivity index (χ3n) is 3.57. The van der Waals surface area contributed by atoms with E-state index in [1.54, 1.807) is 0 Å². The van der Waals surface area contributed by atoms with Gasteiger partial charge in [-0.2, -0.15) is 4.99 Å². The number of hydrogen-bond donors (Lipinski definition) is 3. The molecule has 122 valence electrons. The molecular weight excluding hydrogens is 302 g/mol. The average Bonchev–Trinajstić information content (AvgIpc) is 2.55. The molecule has 6 nitrogen and oxygen atoms in total. The van der Waals surface area contributed by atoms with E-state index in [1.165, 1.54) is 6.07 Å². The number of benzene rings is 2. The predicted molar refractivity (Wildman–Crippen MR) is 97.7 cm³/mol. The van der Waals surface area contributed by atoms with Gasteiger partial charge in [-0.3, -0.25) is 9.78 Å². The van der Waals surface area contributed by atoms with Crippen LogP contribution >= 0.6 is 0 Å². The van der Waals surface area contributed by atoms with Gasteiger partial charge in [0.1, 0.15) is 0 Å². The quantitative estimate of drug-likeness (QED) is 0.508. The number of aromatic amines is 1. The number of fused-ring (bicyclic) bond motifs is 1. The fourth-order valence-electron chi connectivity index (χ4n) is 2.55. The van der Waals surface area contributed by atoms with Gasteiger partial charge in [-0.15, -0.1) is 0 Å². The lowest BCUT2D eigenvalue weighted by atomic mass is 10.1. The van der Waals surface area contributed by atoms with Crippen molar-refractivity contribution in [2.75, 3.05) is 5.32 Å². The average molecular weight is 321 g/mol. The first-order valence-electron chi connectivity index (χ1n) is 7.85. The summed E-state index contributed by atoms with van der Waals surface area (Å²) in [6.45, 7) is 2.03. The SMILES string of the molecule is CCCc1cc(=O)[nH]c(/N=C(\N)Nc2cccc3ccccc23)n1. The molecule has 0 bridgehead atoms. The maximum Gasteiger partial charge on any atom is 0.252 e. The molecule has 0 aliphatic carbocycles. The first-order valence-corrected chi connectivity index (χ1v) is 7.85. The van der Waals surface area contributed by atoms with Crippen LogP contribution in [0.1, 0.15) is 19.0 Å². The van der Waals surface area contributed by atoms with Crippen LogP contribution < -0.4 is 16.6 Å². The second-order valence-electron chi connectivity index (χ2n) is 5.46. The van der Waals surface area contributed by atoms with Gasteiger partial charge in [0.2, 0.25) is 11.9 Å². The number of H-pyrrole nitrogens is 1. The summed E-state index contributed by atoms with van der Waals surface area (Å²) in [5.41, 5.74) is 7.30. The second kappa shape index (κ2) is 6.95. The third-order valence-corrected chi connectivity index (χ3v) is 3.57. The molecular formula is C18H19N5O. The van der Waals surface area contributed by atoms with Crippen LogP contribution in [0.15, 0.2) is 58.3 Å². The highest BCUT2D eigenvalue weighted by Crippen LogP contribution is 2.22. The molecule has 1 heterocycles. The number of aromatic nitrogens is 2. The van der Waals surface area contributed by atoms with Gasteiger partial charge in [0.25, 0.3) is 5.56 Å². The number of guanidine groups is 1. The van der Waals surface area contributed by atoms with Crippen molar-refractivity contribution in [3.8, 4) is 0 Å². The van der Waals surface area contributed by atoms with E-state index in [0.29, 0.717) is 5.69 Å². The molecule has 0 aliphatic heterocycles. The van der Waals surface area contributed by atoms with Crippen molar-refractivity contribution in [1.82, 2.24) is 9.97 Å². The van der Waals surface area contributed by atoms with Gasteiger partial charge in [0.05, 0.1) is 0 Å². The molecule has 0 saturated heterocycles. The summed E-state index contributed by atoms with van der Waals surface area (Å²) in [6, 6.07) is 15.4. The van der Waals surface area contributed by atoms with Crippen LogP contribution in [-0.2, 0) is 6.42 Å². The van der Waals surface area contributed by atoms with E-state index in [-0.39, 0.29) is 17.5 Å². The van der Waals surface area contributed by atoms with Gasteiger partial charge in [-0.1, -0.05) is 49.7 Å². The number of hydrogen-bond acceptors (Lipinski definition) is 3. The molecule has 0 atom stereocenters. The zero-order chi connectivity index (χ0) is 16.9. The lowest BCUT2D eigenvalue weighted by Crippen LogP contribution is -2.22. The maximum atomic E-state index is 11.7. The Morgan fingerprint density at radius 3 is 2.88 bits per heavy atom. The lowest BCUT2D eigenvalue weighted by Gasteiger charge is -2.09. The number of aliphatic imine (C=N–C) groups is 1. The number of anilines is 1. The Labute approximate surface area is 139 Å². The van der Waals surface area contributed by atoms with E-state index >= 15 is 0 Å². The first-order chi connectivity index (χ1) is 11.7. The fourth-order valence-corrected chi connectivity index (χ4v) is 2.55. The van der Waals surface area contributed by atoms with Crippen molar-refractivity contribution in [2.24, 2.45) is 10.7 Å². The molecule has 4 N–H and O–H groups in total. The highest BCUT2D eigenvalue weighted by atomic mass is 16.1. The number of nitrogens with one attached hydrogen (secondary N) is 2. The smallest absolute Gasteiger partial charge is 0.252 e. The minimum absolute atomic E-state index is 0.170. The van der Waals surface area contributed by atoms with Crippen LogP contribution in [0.25, 0.3) is 10.8 Å². The minimum Gasteiger partial charge on any atom is -0.369 e. The Hall–Kier alpha value is -3.15. The van der Waals surface area contributed by atoms with E-state index in [4.69, 9.17) is 5.73 Å². The summed E-state index contributed by atoms with van der Waals surface area (Å²) < 4.78 is 0. The predicted octanol–water partition coefficient (Wildman–Crippen LogP) is 2.93. The highest BCUT2D eigenvalue weighted by molar-refractivity contribution is 6.03. The van der Waals surface area contributed by atoms with Gasteiger partial charge < -0.3 is 11.1 Å². The maximum absolute atomic E-state index is 11.7. The van der Waals surface area contributed by atoms with Gasteiger partial charge >= 0.3 is 0 Å². The number of nitrogens with two attached hydrogens (primary N) is 1.